The summed E-state index contributed by atoms with van der Waals surface area (Å²) in [7, 11) is 0. The second-order valence-electron chi connectivity index (χ2n) is 16.3. The van der Waals surface area contributed by atoms with Gasteiger partial charge in [0.25, 0.3) is 0 Å². The Morgan fingerprint density at radius 3 is 1.69 bits per heavy atom. The predicted octanol–water partition coefficient (Wildman–Crippen LogP) is 14.6. The zero-order valence-corrected chi connectivity index (χ0v) is 33.1. The lowest BCUT2D eigenvalue weighted by Crippen LogP contribution is -2.25. The zero-order chi connectivity index (χ0) is 40.1. The van der Waals surface area contributed by atoms with E-state index >= 15 is 0 Å². The van der Waals surface area contributed by atoms with Crippen molar-refractivity contribution in [1.29, 1.82) is 0 Å². The smallest absolute Gasteiger partial charge is 0.0788 e. The number of para-hydroxylation sites is 2. The van der Waals surface area contributed by atoms with Gasteiger partial charge in [-0.05, 0) is 72.8 Å². The van der Waals surface area contributed by atoms with E-state index in [9.17, 15) is 0 Å². The quantitative estimate of drug-likeness (QED) is 0.164. The van der Waals surface area contributed by atoms with Crippen LogP contribution in [-0.2, 0) is 5.41 Å². The fraction of sp³-hybridized carbons (Fsp3) is 0.0345. The molecule has 3 heteroatoms. The maximum absolute atomic E-state index is 5.42. The summed E-state index contributed by atoms with van der Waals surface area (Å²) in [6.07, 6.45) is -0.373. The average molecular weight is 775 g/mol. The third kappa shape index (κ3) is 4.86. The summed E-state index contributed by atoms with van der Waals surface area (Å²) in [5, 5.41) is 8.74. The van der Waals surface area contributed by atoms with Crippen LogP contribution in [0.2, 0.25) is 0 Å². The number of benzene rings is 9. The summed E-state index contributed by atoms with van der Waals surface area (Å²) < 4.78 is 0. The van der Waals surface area contributed by atoms with Gasteiger partial charge in [0.15, 0.2) is 0 Å². The molecule has 2 heterocycles. The van der Waals surface area contributed by atoms with E-state index in [2.05, 4.69) is 212 Å². The van der Waals surface area contributed by atoms with Gasteiger partial charge in [-0.2, -0.15) is 0 Å². The van der Waals surface area contributed by atoms with E-state index in [1.807, 2.05) is 0 Å². The summed E-state index contributed by atoms with van der Waals surface area (Å²) in [5.41, 5.74) is 20.7. The first-order valence-electron chi connectivity index (χ1n) is 21.1. The van der Waals surface area contributed by atoms with E-state index in [-0.39, 0.29) is 6.17 Å². The molecule has 9 aromatic carbocycles. The number of hydrogen-bond donors (Lipinski definition) is 0. The summed E-state index contributed by atoms with van der Waals surface area (Å²) in [6.45, 7) is 0. The molecule has 0 radical (unpaired) electrons. The first kappa shape index (κ1) is 34.0. The van der Waals surface area contributed by atoms with Gasteiger partial charge in [0.05, 0.1) is 22.3 Å². The summed E-state index contributed by atoms with van der Waals surface area (Å²) in [6, 6.07) is 76.8. The standard InChI is InChI=1S/C58H36N3/c1-2-14-36(15-3-1)37-26-28-38(29-27-37)55-45-20-8-13-25-52(45)60-57(61-55)40-32-30-39(31-33-40)56-46-34-35-50-54(53(46)44-19-7-12-24-51(44)59-56)43-18-6-11-23-49(43)58(50)47-21-9-4-16-41(47)42-17-5-10-22-48(42)58/h1-35,57H/q-1. The number of nitrogens with zero attached hydrogens (tertiary/aromatic N) is 3. The minimum atomic E-state index is -0.412. The van der Waals surface area contributed by atoms with Crippen molar-refractivity contribution >= 4 is 33.1 Å². The molecule has 0 fully saturated rings. The second-order valence-corrected chi connectivity index (χ2v) is 16.3. The van der Waals surface area contributed by atoms with Gasteiger partial charge in [0.2, 0.25) is 0 Å². The second kappa shape index (κ2) is 13.1. The number of aromatic nitrogens is 1. The molecule has 13 rings (SSSR count). The molecule has 1 aromatic heterocycles. The van der Waals surface area contributed by atoms with Crippen molar-refractivity contribution in [2.45, 2.75) is 11.6 Å². The van der Waals surface area contributed by atoms with Crippen molar-refractivity contribution in [3.05, 3.63) is 257 Å². The van der Waals surface area contributed by atoms with Crippen LogP contribution < -0.4 is 0 Å². The summed E-state index contributed by atoms with van der Waals surface area (Å²) >= 11 is 0. The van der Waals surface area contributed by atoms with Crippen LogP contribution in [-0.4, -0.2) is 10.7 Å². The van der Waals surface area contributed by atoms with E-state index < -0.39 is 5.41 Å². The number of pyridine rings is 1. The summed E-state index contributed by atoms with van der Waals surface area (Å²) in [4.78, 5) is 10.7. The Bertz CT molecular complexity index is 3390. The minimum absolute atomic E-state index is 0.373. The monoisotopic (exact) mass is 774 g/mol. The first-order chi connectivity index (χ1) is 30.3. The number of hydrogen-bond acceptors (Lipinski definition) is 2. The Morgan fingerprint density at radius 1 is 0.393 bits per heavy atom. The molecule has 1 spiro atoms. The number of fused-ring (bicyclic) bond motifs is 15. The lowest BCUT2D eigenvalue weighted by atomic mass is 9.70. The highest BCUT2D eigenvalue weighted by molar-refractivity contribution is 6.20. The normalized spacial score (nSPS) is 15.1. The molecule has 1 unspecified atom stereocenters. The molecule has 1 aliphatic heterocycles. The Labute approximate surface area is 354 Å². The highest BCUT2D eigenvalue weighted by Gasteiger charge is 2.52. The van der Waals surface area contributed by atoms with Crippen molar-refractivity contribution in [2.75, 3.05) is 0 Å². The van der Waals surface area contributed by atoms with E-state index in [0.717, 1.165) is 50.2 Å². The van der Waals surface area contributed by atoms with Crippen LogP contribution in [0.25, 0.3) is 71.6 Å². The molecule has 3 aliphatic rings. The van der Waals surface area contributed by atoms with Crippen molar-refractivity contribution in [2.24, 2.45) is 4.99 Å². The molecule has 2 aliphatic carbocycles. The van der Waals surface area contributed by atoms with Gasteiger partial charge >= 0.3 is 0 Å². The van der Waals surface area contributed by atoms with Gasteiger partial charge in [-0.3, -0.25) is 4.99 Å². The molecular weight excluding hydrogens is 739 g/mol. The average Bonchev–Trinajstić information content (AvgIpc) is 3.81. The van der Waals surface area contributed by atoms with Crippen molar-refractivity contribution in [3.8, 4) is 44.6 Å². The highest BCUT2D eigenvalue weighted by Crippen LogP contribution is 2.64. The van der Waals surface area contributed by atoms with Crippen molar-refractivity contribution < 1.29 is 0 Å². The minimum Gasteiger partial charge on any atom is -0.659 e. The van der Waals surface area contributed by atoms with E-state index in [1.165, 1.54) is 66.4 Å². The topological polar surface area (TPSA) is 39.4 Å². The molecule has 10 aromatic rings. The third-order valence-electron chi connectivity index (χ3n) is 13.2. The van der Waals surface area contributed by atoms with E-state index in [4.69, 9.17) is 15.3 Å². The van der Waals surface area contributed by atoms with Gasteiger partial charge in [-0.1, -0.05) is 206 Å². The van der Waals surface area contributed by atoms with Crippen LogP contribution in [0.5, 0.6) is 0 Å². The van der Waals surface area contributed by atoms with Crippen molar-refractivity contribution in [3.63, 3.8) is 0 Å². The fourth-order valence-corrected chi connectivity index (χ4v) is 10.6. The fourth-order valence-electron chi connectivity index (χ4n) is 10.6. The van der Waals surface area contributed by atoms with Crippen LogP contribution >= 0.6 is 0 Å². The van der Waals surface area contributed by atoms with E-state index in [1.54, 1.807) is 0 Å². The van der Waals surface area contributed by atoms with Gasteiger partial charge in [0, 0.05) is 33.5 Å². The van der Waals surface area contributed by atoms with E-state index in [0.29, 0.717) is 0 Å². The molecule has 1 atom stereocenters. The Hall–Kier alpha value is -7.88. The highest BCUT2D eigenvalue weighted by atomic mass is 15.1. The molecule has 284 valence electrons. The molecule has 0 bridgehead atoms. The van der Waals surface area contributed by atoms with Gasteiger partial charge in [0.1, 0.15) is 0 Å². The van der Waals surface area contributed by atoms with Gasteiger partial charge < -0.3 is 5.32 Å². The molecule has 0 saturated carbocycles. The van der Waals surface area contributed by atoms with Gasteiger partial charge in [-0.15, -0.1) is 5.69 Å². The van der Waals surface area contributed by atoms with Crippen LogP contribution in [0.3, 0.4) is 0 Å². The first-order valence-corrected chi connectivity index (χ1v) is 21.1. The van der Waals surface area contributed by atoms with Crippen LogP contribution in [0.1, 0.15) is 45.1 Å². The maximum Gasteiger partial charge on any atom is 0.0788 e. The molecule has 61 heavy (non-hydrogen) atoms. The molecule has 0 saturated heterocycles. The largest absolute Gasteiger partial charge is 0.659 e. The van der Waals surface area contributed by atoms with Crippen LogP contribution in [0.15, 0.2) is 217 Å². The lowest BCUT2D eigenvalue weighted by molar-refractivity contribution is 0.794. The number of aliphatic imine (C=N–C) groups is 1. The van der Waals surface area contributed by atoms with Crippen LogP contribution in [0, 0.1) is 0 Å². The predicted molar refractivity (Wildman–Crippen MR) is 251 cm³/mol. The van der Waals surface area contributed by atoms with Gasteiger partial charge in [-0.25, -0.2) is 4.98 Å². The molecular formula is C58H36N3-. The Kier molecular flexibility index (Phi) is 7.29. The Morgan fingerprint density at radius 2 is 0.951 bits per heavy atom. The van der Waals surface area contributed by atoms with Crippen molar-refractivity contribution in [1.82, 2.24) is 4.98 Å². The Balaban J connectivity index is 0.956. The van der Waals surface area contributed by atoms with Crippen LogP contribution in [0.4, 0.5) is 5.69 Å². The maximum atomic E-state index is 5.42. The molecule has 3 nitrogen and oxygen atoms in total. The SMILES string of the molecule is c1ccc(-c2ccc(C3=NC(c4ccc(-c5nc6ccccc6c6c7c(ccc56)C5(c6ccccc6-c6ccccc65)c5ccccc5-7)cc4)[N-]c4ccccc43)cc2)cc1. The summed E-state index contributed by atoms with van der Waals surface area (Å²) in [5.74, 6) is 0. The molecule has 0 amide bonds. The zero-order valence-electron chi connectivity index (χ0n) is 33.1. The molecule has 0 N–H and O–H groups in total. The lowest BCUT2D eigenvalue weighted by Gasteiger charge is -2.38. The number of rotatable bonds is 4. The third-order valence-corrected chi connectivity index (χ3v) is 13.2.